The predicted molar refractivity (Wildman–Crippen MR) is 62.0 cm³/mol. The van der Waals surface area contributed by atoms with E-state index in [4.69, 9.17) is 17.3 Å². The van der Waals surface area contributed by atoms with E-state index >= 15 is 0 Å². The molecule has 2 nitrogen and oxygen atoms in total. The molecule has 0 saturated heterocycles. The van der Waals surface area contributed by atoms with Gasteiger partial charge in [-0.3, -0.25) is 0 Å². The van der Waals surface area contributed by atoms with Crippen LogP contribution in [0.25, 0.3) is 0 Å². The van der Waals surface area contributed by atoms with Crippen LogP contribution < -0.4 is 5.73 Å². The van der Waals surface area contributed by atoms with Crippen molar-refractivity contribution in [3.63, 3.8) is 0 Å². The number of aliphatic hydroxyl groups excluding tert-OH is 1. The van der Waals surface area contributed by atoms with Gasteiger partial charge in [0.05, 0.1) is 0 Å². The van der Waals surface area contributed by atoms with Crippen molar-refractivity contribution in [1.29, 1.82) is 0 Å². The SMILES string of the molecule is CC1(CO)C[C@@]1(CN)c1cc(Cl)ccc1F. The Hall–Kier alpha value is -0.640. The van der Waals surface area contributed by atoms with Crippen LogP contribution in [0.5, 0.6) is 0 Å². The Kier molecular flexibility index (Phi) is 2.73. The number of rotatable bonds is 3. The Bertz CT molecular complexity index is 425. The van der Waals surface area contributed by atoms with Gasteiger partial charge in [0.2, 0.25) is 0 Å². The molecule has 4 heteroatoms. The van der Waals surface area contributed by atoms with Gasteiger partial charge in [0, 0.05) is 29.0 Å². The Morgan fingerprint density at radius 2 is 2.25 bits per heavy atom. The normalized spacial score (nSPS) is 32.8. The zero-order valence-electron chi connectivity index (χ0n) is 9.13. The molecule has 1 aromatic rings. The van der Waals surface area contributed by atoms with Gasteiger partial charge in [-0.1, -0.05) is 18.5 Å². The number of nitrogens with two attached hydrogens (primary N) is 1. The Balaban J connectivity index is 2.48. The van der Waals surface area contributed by atoms with Crippen molar-refractivity contribution in [3.05, 3.63) is 34.6 Å². The number of benzene rings is 1. The summed E-state index contributed by atoms with van der Waals surface area (Å²) >= 11 is 5.87. The molecule has 0 amide bonds. The molecule has 1 unspecified atom stereocenters. The quantitative estimate of drug-likeness (QED) is 0.854. The first-order valence-corrected chi connectivity index (χ1v) is 5.63. The monoisotopic (exact) mass is 243 g/mol. The standard InChI is InChI=1S/C12H15ClFNO/c1-11(7-16)5-12(11,6-15)9-4-8(13)2-3-10(9)14/h2-4,16H,5-7,15H2,1H3/t11?,12-/m1/s1. The van der Waals surface area contributed by atoms with E-state index in [0.29, 0.717) is 23.6 Å². The molecule has 2 atom stereocenters. The molecular formula is C12H15ClFNO. The largest absolute Gasteiger partial charge is 0.396 e. The van der Waals surface area contributed by atoms with Crippen molar-refractivity contribution in [3.8, 4) is 0 Å². The first-order valence-electron chi connectivity index (χ1n) is 5.25. The molecule has 1 saturated carbocycles. The maximum atomic E-state index is 13.8. The maximum absolute atomic E-state index is 13.8. The van der Waals surface area contributed by atoms with Crippen LogP contribution in [0.1, 0.15) is 18.9 Å². The van der Waals surface area contributed by atoms with Crippen molar-refractivity contribution in [2.75, 3.05) is 13.2 Å². The summed E-state index contributed by atoms with van der Waals surface area (Å²) in [5, 5.41) is 9.84. The van der Waals surface area contributed by atoms with E-state index in [1.54, 1.807) is 6.07 Å². The summed E-state index contributed by atoms with van der Waals surface area (Å²) in [4.78, 5) is 0. The molecule has 0 aromatic heterocycles. The Morgan fingerprint density at radius 1 is 1.56 bits per heavy atom. The predicted octanol–water partition coefficient (Wildman–Crippen LogP) is 2.08. The molecule has 2 rings (SSSR count). The number of halogens is 2. The number of aliphatic hydroxyl groups is 1. The molecule has 0 bridgehead atoms. The highest BCUT2D eigenvalue weighted by molar-refractivity contribution is 6.30. The lowest BCUT2D eigenvalue weighted by Gasteiger charge is -2.21. The first kappa shape index (κ1) is 11.8. The minimum absolute atomic E-state index is 0.0101. The van der Waals surface area contributed by atoms with E-state index in [0.717, 1.165) is 0 Å². The average molecular weight is 244 g/mol. The molecule has 1 aliphatic rings. The van der Waals surface area contributed by atoms with E-state index < -0.39 is 5.41 Å². The molecule has 1 fully saturated rings. The summed E-state index contributed by atoms with van der Waals surface area (Å²) in [7, 11) is 0. The van der Waals surface area contributed by atoms with Gasteiger partial charge in [0.1, 0.15) is 5.82 Å². The summed E-state index contributed by atoms with van der Waals surface area (Å²) in [5.41, 5.74) is 5.49. The highest BCUT2D eigenvalue weighted by Gasteiger charge is 2.64. The molecule has 88 valence electrons. The molecule has 16 heavy (non-hydrogen) atoms. The molecule has 0 spiro atoms. The van der Waals surface area contributed by atoms with Gasteiger partial charge in [0.25, 0.3) is 0 Å². The zero-order chi connectivity index (χ0) is 12.0. The third-order valence-corrected chi connectivity index (χ3v) is 4.10. The summed E-state index contributed by atoms with van der Waals surface area (Å²) < 4.78 is 13.8. The average Bonchev–Trinajstić information content (AvgIpc) is 2.90. The van der Waals surface area contributed by atoms with Gasteiger partial charge in [-0.05, 0) is 30.2 Å². The fourth-order valence-electron chi connectivity index (χ4n) is 2.54. The topological polar surface area (TPSA) is 46.2 Å². The molecule has 1 aromatic carbocycles. The number of hydrogen-bond acceptors (Lipinski definition) is 2. The van der Waals surface area contributed by atoms with Crippen molar-refractivity contribution in [1.82, 2.24) is 0 Å². The van der Waals surface area contributed by atoms with Crippen LogP contribution in [-0.2, 0) is 5.41 Å². The molecule has 0 radical (unpaired) electrons. The van der Waals surface area contributed by atoms with Crippen LogP contribution in [0.3, 0.4) is 0 Å². The van der Waals surface area contributed by atoms with Crippen LogP contribution in [0, 0.1) is 11.2 Å². The molecule has 0 heterocycles. The summed E-state index contributed by atoms with van der Waals surface area (Å²) in [6.45, 7) is 2.25. The van der Waals surface area contributed by atoms with Crippen molar-refractivity contribution in [2.24, 2.45) is 11.1 Å². The lowest BCUT2D eigenvalue weighted by molar-refractivity contribution is 0.204. The van der Waals surface area contributed by atoms with Crippen LogP contribution >= 0.6 is 11.6 Å². The molecule has 1 aliphatic carbocycles. The van der Waals surface area contributed by atoms with Crippen LogP contribution in [0.2, 0.25) is 5.02 Å². The fourth-order valence-corrected chi connectivity index (χ4v) is 2.71. The zero-order valence-corrected chi connectivity index (χ0v) is 9.89. The van der Waals surface area contributed by atoms with Crippen molar-refractivity contribution < 1.29 is 9.50 Å². The van der Waals surface area contributed by atoms with E-state index in [1.165, 1.54) is 12.1 Å². The van der Waals surface area contributed by atoms with E-state index in [2.05, 4.69) is 0 Å². The van der Waals surface area contributed by atoms with Crippen LogP contribution in [0.15, 0.2) is 18.2 Å². The third kappa shape index (κ3) is 1.46. The van der Waals surface area contributed by atoms with E-state index in [9.17, 15) is 9.50 Å². The second-order valence-corrected chi connectivity index (χ2v) is 5.24. The van der Waals surface area contributed by atoms with Crippen molar-refractivity contribution in [2.45, 2.75) is 18.8 Å². The highest BCUT2D eigenvalue weighted by Crippen LogP contribution is 2.64. The summed E-state index contributed by atoms with van der Waals surface area (Å²) in [5.74, 6) is -0.299. The molecule has 3 N–H and O–H groups in total. The summed E-state index contributed by atoms with van der Waals surface area (Å²) in [6.07, 6.45) is 0.699. The lowest BCUT2D eigenvalue weighted by Crippen LogP contribution is -2.29. The highest BCUT2D eigenvalue weighted by atomic mass is 35.5. The minimum atomic E-state index is -0.462. The Labute approximate surface area is 99.2 Å². The molecule has 0 aliphatic heterocycles. The van der Waals surface area contributed by atoms with Gasteiger partial charge < -0.3 is 10.8 Å². The minimum Gasteiger partial charge on any atom is -0.396 e. The Morgan fingerprint density at radius 3 is 2.75 bits per heavy atom. The van der Waals surface area contributed by atoms with Crippen LogP contribution in [-0.4, -0.2) is 18.3 Å². The molecular weight excluding hydrogens is 229 g/mol. The van der Waals surface area contributed by atoms with Crippen molar-refractivity contribution >= 4 is 11.6 Å². The van der Waals surface area contributed by atoms with E-state index in [1.807, 2.05) is 6.92 Å². The summed E-state index contributed by atoms with van der Waals surface area (Å²) in [6, 6.07) is 4.49. The first-order chi connectivity index (χ1) is 7.49. The van der Waals surface area contributed by atoms with Gasteiger partial charge in [-0.2, -0.15) is 0 Å². The van der Waals surface area contributed by atoms with Gasteiger partial charge >= 0.3 is 0 Å². The second-order valence-electron chi connectivity index (χ2n) is 4.81. The third-order valence-electron chi connectivity index (χ3n) is 3.86. The second kappa shape index (κ2) is 3.69. The smallest absolute Gasteiger partial charge is 0.127 e. The van der Waals surface area contributed by atoms with Gasteiger partial charge in [-0.15, -0.1) is 0 Å². The van der Waals surface area contributed by atoms with Crippen LogP contribution in [0.4, 0.5) is 4.39 Å². The maximum Gasteiger partial charge on any atom is 0.127 e. The van der Waals surface area contributed by atoms with Gasteiger partial charge in [0.15, 0.2) is 0 Å². The number of hydrogen-bond donors (Lipinski definition) is 2. The fraction of sp³-hybridized carbons (Fsp3) is 0.500. The van der Waals surface area contributed by atoms with E-state index in [-0.39, 0.29) is 17.8 Å². The lowest BCUT2D eigenvalue weighted by atomic mass is 9.87. The van der Waals surface area contributed by atoms with Gasteiger partial charge in [-0.25, -0.2) is 4.39 Å².